The standard InChI is InChI=1S/C15H26N2OS/c1-4-13(7-9-16)5-6-15(18)17(3)11-14-12(2)8-10-19-14/h8,10,13H,4-7,9,11,16H2,1-3H3. The lowest BCUT2D eigenvalue weighted by Crippen LogP contribution is -2.26. The summed E-state index contributed by atoms with van der Waals surface area (Å²) < 4.78 is 0. The highest BCUT2D eigenvalue weighted by molar-refractivity contribution is 7.10. The zero-order chi connectivity index (χ0) is 14.3. The monoisotopic (exact) mass is 282 g/mol. The largest absolute Gasteiger partial charge is 0.341 e. The van der Waals surface area contributed by atoms with Crippen molar-refractivity contribution in [3.05, 3.63) is 21.9 Å². The molecular formula is C15H26N2OS. The molecule has 1 aromatic rings. The molecule has 108 valence electrons. The van der Waals surface area contributed by atoms with Gasteiger partial charge in [0.2, 0.25) is 5.91 Å². The number of carbonyl (C=O) groups excluding carboxylic acids is 1. The van der Waals surface area contributed by atoms with Gasteiger partial charge >= 0.3 is 0 Å². The van der Waals surface area contributed by atoms with Crippen LogP contribution in [0.1, 0.15) is 43.0 Å². The summed E-state index contributed by atoms with van der Waals surface area (Å²) in [6, 6.07) is 2.10. The molecule has 2 N–H and O–H groups in total. The number of hydrogen-bond acceptors (Lipinski definition) is 3. The van der Waals surface area contributed by atoms with Gasteiger partial charge in [0, 0.05) is 18.3 Å². The van der Waals surface area contributed by atoms with E-state index in [2.05, 4.69) is 25.3 Å². The van der Waals surface area contributed by atoms with E-state index >= 15 is 0 Å². The van der Waals surface area contributed by atoms with Gasteiger partial charge in [-0.05, 0) is 49.2 Å². The van der Waals surface area contributed by atoms with Crippen LogP contribution in [0.3, 0.4) is 0 Å². The first kappa shape index (κ1) is 16.2. The number of carbonyl (C=O) groups is 1. The summed E-state index contributed by atoms with van der Waals surface area (Å²) in [5, 5.41) is 2.08. The molecule has 19 heavy (non-hydrogen) atoms. The van der Waals surface area contributed by atoms with Crippen molar-refractivity contribution in [1.82, 2.24) is 4.90 Å². The molecule has 4 heteroatoms. The van der Waals surface area contributed by atoms with E-state index in [1.807, 2.05) is 11.9 Å². The van der Waals surface area contributed by atoms with Gasteiger partial charge in [0.1, 0.15) is 0 Å². The lowest BCUT2D eigenvalue weighted by atomic mass is 9.96. The molecule has 1 atom stereocenters. The minimum absolute atomic E-state index is 0.239. The van der Waals surface area contributed by atoms with Gasteiger partial charge < -0.3 is 10.6 Å². The number of nitrogens with zero attached hydrogens (tertiary/aromatic N) is 1. The molecule has 0 radical (unpaired) electrons. The molecule has 0 spiro atoms. The van der Waals surface area contributed by atoms with Crippen LogP contribution in [-0.2, 0) is 11.3 Å². The van der Waals surface area contributed by atoms with Crippen LogP contribution in [0, 0.1) is 12.8 Å². The van der Waals surface area contributed by atoms with Crippen molar-refractivity contribution in [2.24, 2.45) is 11.7 Å². The van der Waals surface area contributed by atoms with Crippen molar-refractivity contribution < 1.29 is 4.79 Å². The first-order valence-electron chi connectivity index (χ1n) is 7.05. The van der Waals surface area contributed by atoms with Gasteiger partial charge in [0.15, 0.2) is 0 Å². The van der Waals surface area contributed by atoms with E-state index in [1.165, 1.54) is 10.4 Å². The molecule has 0 saturated heterocycles. The minimum Gasteiger partial charge on any atom is -0.341 e. The van der Waals surface area contributed by atoms with E-state index in [-0.39, 0.29) is 5.91 Å². The topological polar surface area (TPSA) is 46.3 Å². The summed E-state index contributed by atoms with van der Waals surface area (Å²) in [5.41, 5.74) is 6.86. The molecule has 0 aliphatic heterocycles. The Bertz CT molecular complexity index is 389. The van der Waals surface area contributed by atoms with E-state index in [4.69, 9.17) is 5.73 Å². The van der Waals surface area contributed by atoms with E-state index in [0.29, 0.717) is 12.3 Å². The zero-order valence-corrected chi connectivity index (χ0v) is 13.1. The van der Waals surface area contributed by atoms with Crippen molar-refractivity contribution in [2.75, 3.05) is 13.6 Å². The third-order valence-corrected chi connectivity index (χ3v) is 4.70. The van der Waals surface area contributed by atoms with E-state index < -0.39 is 0 Å². The molecule has 1 heterocycles. The van der Waals surface area contributed by atoms with Crippen LogP contribution in [0.15, 0.2) is 11.4 Å². The van der Waals surface area contributed by atoms with E-state index in [0.717, 1.165) is 32.4 Å². The lowest BCUT2D eigenvalue weighted by molar-refractivity contribution is -0.130. The summed E-state index contributed by atoms with van der Waals surface area (Å²) in [5.74, 6) is 0.828. The van der Waals surface area contributed by atoms with Crippen molar-refractivity contribution in [3.8, 4) is 0 Å². The molecule has 0 saturated carbocycles. The van der Waals surface area contributed by atoms with Crippen LogP contribution in [0.4, 0.5) is 0 Å². The average Bonchev–Trinajstić information content (AvgIpc) is 2.79. The smallest absolute Gasteiger partial charge is 0.222 e. The first-order chi connectivity index (χ1) is 9.08. The quantitative estimate of drug-likeness (QED) is 0.796. The van der Waals surface area contributed by atoms with Crippen LogP contribution >= 0.6 is 11.3 Å². The molecule has 0 aromatic carbocycles. The highest BCUT2D eigenvalue weighted by Crippen LogP contribution is 2.19. The molecule has 0 aliphatic rings. The highest BCUT2D eigenvalue weighted by Gasteiger charge is 2.13. The lowest BCUT2D eigenvalue weighted by Gasteiger charge is -2.19. The maximum absolute atomic E-state index is 12.1. The van der Waals surface area contributed by atoms with Crippen LogP contribution in [0.2, 0.25) is 0 Å². The highest BCUT2D eigenvalue weighted by atomic mass is 32.1. The Morgan fingerprint density at radius 3 is 2.74 bits per heavy atom. The normalized spacial score (nSPS) is 12.4. The van der Waals surface area contributed by atoms with Crippen molar-refractivity contribution in [1.29, 1.82) is 0 Å². The van der Waals surface area contributed by atoms with Gasteiger partial charge in [-0.15, -0.1) is 11.3 Å². The zero-order valence-electron chi connectivity index (χ0n) is 12.3. The maximum Gasteiger partial charge on any atom is 0.222 e. The van der Waals surface area contributed by atoms with Crippen molar-refractivity contribution in [2.45, 2.75) is 46.1 Å². The second-order valence-corrected chi connectivity index (χ2v) is 6.17. The molecule has 1 rings (SSSR count). The van der Waals surface area contributed by atoms with E-state index in [9.17, 15) is 4.79 Å². The number of rotatable bonds is 8. The minimum atomic E-state index is 0.239. The number of aryl methyl sites for hydroxylation is 1. The number of hydrogen-bond donors (Lipinski definition) is 1. The predicted molar refractivity (Wildman–Crippen MR) is 82.2 cm³/mol. The summed E-state index contributed by atoms with van der Waals surface area (Å²) >= 11 is 1.72. The summed E-state index contributed by atoms with van der Waals surface area (Å²) in [6.45, 7) is 5.72. The maximum atomic E-state index is 12.1. The second-order valence-electron chi connectivity index (χ2n) is 5.17. The summed E-state index contributed by atoms with van der Waals surface area (Å²) in [4.78, 5) is 15.2. The third-order valence-electron chi connectivity index (χ3n) is 3.69. The molecule has 1 aromatic heterocycles. The predicted octanol–water partition coefficient (Wildman–Crippen LogP) is 3.17. The van der Waals surface area contributed by atoms with Crippen LogP contribution in [0.5, 0.6) is 0 Å². The number of nitrogens with two attached hydrogens (primary N) is 1. The molecule has 3 nitrogen and oxygen atoms in total. The summed E-state index contributed by atoms with van der Waals surface area (Å²) in [6.07, 6.45) is 3.73. The van der Waals surface area contributed by atoms with Crippen LogP contribution in [0.25, 0.3) is 0 Å². The van der Waals surface area contributed by atoms with Crippen LogP contribution in [-0.4, -0.2) is 24.4 Å². The Kier molecular flexibility index (Phi) is 7.10. The molecule has 0 aliphatic carbocycles. The Morgan fingerprint density at radius 1 is 1.47 bits per heavy atom. The molecule has 0 bridgehead atoms. The van der Waals surface area contributed by atoms with Gasteiger partial charge in [-0.3, -0.25) is 4.79 Å². The summed E-state index contributed by atoms with van der Waals surface area (Å²) in [7, 11) is 1.89. The molecule has 1 unspecified atom stereocenters. The second kappa shape index (κ2) is 8.33. The SMILES string of the molecule is CCC(CCN)CCC(=O)N(C)Cc1sccc1C. The fraction of sp³-hybridized carbons (Fsp3) is 0.667. The third kappa shape index (κ3) is 5.33. The van der Waals surface area contributed by atoms with Crippen LogP contribution < -0.4 is 5.73 Å². The number of amides is 1. The molecule has 1 amide bonds. The fourth-order valence-electron chi connectivity index (χ4n) is 2.18. The fourth-order valence-corrected chi connectivity index (χ4v) is 3.13. The Balaban J connectivity index is 2.38. The van der Waals surface area contributed by atoms with Gasteiger partial charge in [-0.2, -0.15) is 0 Å². The Hall–Kier alpha value is -0.870. The first-order valence-corrected chi connectivity index (χ1v) is 7.93. The Labute approximate surface area is 120 Å². The average molecular weight is 282 g/mol. The van der Waals surface area contributed by atoms with Gasteiger partial charge in [0.25, 0.3) is 0 Å². The van der Waals surface area contributed by atoms with Gasteiger partial charge in [0.05, 0.1) is 6.54 Å². The van der Waals surface area contributed by atoms with Crippen molar-refractivity contribution in [3.63, 3.8) is 0 Å². The van der Waals surface area contributed by atoms with Gasteiger partial charge in [-0.25, -0.2) is 0 Å². The van der Waals surface area contributed by atoms with Crippen molar-refractivity contribution >= 4 is 17.2 Å². The van der Waals surface area contributed by atoms with Gasteiger partial charge in [-0.1, -0.05) is 13.3 Å². The van der Waals surface area contributed by atoms with E-state index in [1.54, 1.807) is 11.3 Å². The Morgan fingerprint density at radius 2 is 2.21 bits per heavy atom. The number of thiophene rings is 1. The molecule has 0 fully saturated rings. The molecular weight excluding hydrogens is 256 g/mol.